The molecule has 3 rings (SSSR count). The molecule has 2 saturated carbocycles. The van der Waals surface area contributed by atoms with Crippen molar-refractivity contribution in [2.24, 2.45) is 23.5 Å². The molecule has 0 aliphatic heterocycles. The lowest BCUT2D eigenvalue weighted by Crippen LogP contribution is -2.45. The van der Waals surface area contributed by atoms with Gasteiger partial charge in [0.15, 0.2) is 0 Å². The van der Waals surface area contributed by atoms with Crippen molar-refractivity contribution in [3.05, 3.63) is 35.9 Å². The molecule has 23 heavy (non-hydrogen) atoms. The SMILES string of the molecule is CC(OCCCNC(=O)C1C2CCC(C2)C1N)c1ccccc1. The van der Waals surface area contributed by atoms with Gasteiger partial charge in [0.2, 0.25) is 5.91 Å². The Kier molecular flexibility index (Phi) is 5.34. The van der Waals surface area contributed by atoms with Gasteiger partial charge in [-0.05, 0) is 50.0 Å². The molecule has 0 aromatic heterocycles. The van der Waals surface area contributed by atoms with Gasteiger partial charge in [-0.2, -0.15) is 0 Å². The highest BCUT2D eigenvalue weighted by atomic mass is 16.5. The second-order valence-electron chi connectivity index (χ2n) is 7.00. The van der Waals surface area contributed by atoms with Crippen LogP contribution < -0.4 is 11.1 Å². The van der Waals surface area contributed by atoms with E-state index in [1.165, 1.54) is 18.4 Å². The Bertz CT molecular complexity index is 517. The fourth-order valence-electron chi connectivity index (χ4n) is 4.21. The van der Waals surface area contributed by atoms with Crippen molar-refractivity contribution in [3.63, 3.8) is 0 Å². The number of nitrogens with two attached hydrogens (primary N) is 1. The predicted molar refractivity (Wildman–Crippen MR) is 90.7 cm³/mol. The molecule has 3 N–H and O–H groups in total. The lowest BCUT2D eigenvalue weighted by atomic mass is 9.84. The van der Waals surface area contributed by atoms with E-state index < -0.39 is 0 Å². The summed E-state index contributed by atoms with van der Waals surface area (Å²) in [6.07, 6.45) is 4.45. The monoisotopic (exact) mass is 316 g/mol. The van der Waals surface area contributed by atoms with Gasteiger partial charge in [-0.15, -0.1) is 0 Å². The van der Waals surface area contributed by atoms with Crippen LogP contribution in [0.5, 0.6) is 0 Å². The van der Waals surface area contributed by atoms with Gasteiger partial charge < -0.3 is 15.8 Å². The Morgan fingerprint density at radius 1 is 1.30 bits per heavy atom. The molecule has 4 nitrogen and oxygen atoms in total. The quantitative estimate of drug-likeness (QED) is 0.760. The van der Waals surface area contributed by atoms with Gasteiger partial charge in [0.25, 0.3) is 0 Å². The van der Waals surface area contributed by atoms with Gasteiger partial charge in [0.05, 0.1) is 12.0 Å². The van der Waals surface area contributed by atoms with Crippen LogP contribution in [-0.4, -0.2) is 25.1 Å². The van der Waals surface area contributed by atoms with Gasteiger partial charge in [0, 0.05) is 19.2 Å². The van der Waals surface area contributed by atoms with Crippen LogP contribution in [0.1, 0.15) is 44.3 Å². The van der Waals surface area contributed by atoms with E-state index in [1.807, 2.05) is 18.2 Å². The predicted octanol–water partition coefficient (Wildman–Crippen LogP) is 2.64. The Labute approximate surface area is 138 Å². The van der Waals surface area contributed by atoms with Crippen molar-refractivity contribution < 1.29 is 9.53 Å². The van der Waals surface area contributed by atoms with Gasteiger partial charge in [0.1, 0.15) is 0 Å². The summed E-state index contributed by atoms with van der Waals surface area (Å²) in [6, 6.07) is 10.3. The summed E-state index contributed by atoms with van der Waals surface area (Å²) >= 11 is 0. The van der Waals surface area contributed by atoms with Crippen molar-refractivity contribution in [2.75, 3.05) is 13.2 Å². The van der Waals surface area contributed by atoms with E-state index in [-0.39, 0.29) is 24.0 Å². The highest BCUT2D eigenvalue weighted by Gasteiger charge is 2.48. The summed E-state index contributed by atoms with van der Waals surface area (Å²) in [6.45, 7) is 3.38. The first-order chi connectivity index (χ1) is 11.2. The Balaban J connectivity index is 1.33. The summed E-state index contributed by atoms with van der Waals surface area (Å²) in [7, 11) is 0. The van der Waals surface area contributed by atoms with E-state index >= 15 is 0 Å². The smallest absolute Gasteiger partial charge is 0.224 e. The van der Waals surface area contributed by atoms with E-state index in [0.29, 0.717) is 25.0 Å². The molecule has 2 fully saturated rings. The molecule has 1 amide bonds. The summed E-state index contributed by atoms with van der Waals surface area (Å²) < 4.78 is 5.83. The third-order valence-corrected chi connectivity index (χ3v) is 5.54. The molecule has 2 aliphatic rings. The van der Waals surface area contributed by atoms with E-state index in [4.69, 9.17) is 10.5 Å². The maximum atomic E-state index is 12.3. The van der Waals surface area contributed by atoms with Crippen LogP contribution in [0.4, 0.5) is 0 Å². The van der Waals surface area contributed by atoms with E-state index in [1.54, 1.807) is 0 Å². The number of ether oxygens (including phenoxy) is 1. The molecule has 5 atom stereocenters. The van der Waals surface area contributed by atoms with Crippen LogP contribution in [0.3, 0.4) is 0 Å². The average molecular weight is 316 g/mol. The lowest BCUT2D eigenvalue weighted by Gasteiger charge is -2.27. The zero-order valence-corrected chi connectivity index (χ0v) is 13.9. The first-order valence-corrected chi connectivity index (χ1v) is 8.86. The first-order valence-electron chi connectivity index (χ1n) is 8.86. The zero-order valence-electron chi connectivity index (χ0n) is 13.9. The molecule has 2 aliphatic carbocycles. The van der Waals surface area contributed by atoms with Crippen molar-refractivity contribution >= 4 is 5.91 Å². The molecule has 1 aromatic rings. The maximum absolute atomic E-state index is 12.3. The Morgan fingerprint density at radius 2 is 2.04 bits per heavy atom. The molecular weight excluding hydrogens is 288 g/mol. The fourth-order valence-corrected chi connectivity index (χ4v) is 4.21. The summed E-state index contributed by atoms with van der Waals surface area (Å²) in [5.74, 6) is 1.29. The van der Waals surface area contributed by atoms with Crippen molar-refractivity contribution in [1.82, 2.24) is 5.32 Å². The summed E-state index contributed by atoms with van der Waals surface area (Å²) in [4.78, 5) is 12.3. The number of carbonyl (C=O) groups excluding carboxylic acids is 1. The second-order valence-corrected chi connectivity index (χ2v) is 7.00. The third-order valence-electron chi connectivity index (χ3n) is 5.54. The molecule has 0 radical (unpaired) electrons. The number of benzene rings is 1. The number of nitrogens with one attached hydrogen (secondary N) is 1. The number of carbonyl (C=O) groups is 1. The van der Waals surface area contributed by atoms with Crippen LogP contribution in [0.25, 0.3) is 0 Å². The summed E-state index contributed by atoms with van der Waals surface area (Å²) in [5, 5.41) is 3.05. The number of rotatable bonds is 7. The molecule has 1 aromatic carbocycles. The van der Waals surface area contributed by atoms with Crippen LogP contribution in [0.2, 0.25) is 0 Å². The summed E-state index contributed by atoms with van der Waals surface area (Å²) in [5.41, 5.74) is 7.40. The number of hydrogen-bond acceptors (Lipinski definition) is 3. The van der Waals surface area contributed by atoms with Crippen LogP contribution >= 0.6 is 0 Å². The molecule has 0 heterocycles. The minimum atomic E-state index is 0.0397. The molecule has 0 spiro atoms. The minimum Gasteiger partial charge on any atom is -0.374 e. The lowest BCUT2D eigenvalue weighted by molar-refractivity contribution is -0.127. The molecule has 126 valence electrons. The highest BCUT2D eigenvalue weighted by molar-refractivity contribution is 5.80. The number of amides is 1. The van der Waals surface area contributed by atoms with Gasteiger partial charge in [-0.25, -0.2) is 0 Å². The van der Waals surface area contributed by atoms with E-state index in [9.17, 15) is 4.79 Å². The molecular formula is C19H28N2O2. The second kappa shape index (κ2) is 7.45. The Hall–Kier alpha value is -1.39. The van der Waals surface area contributed by atoms with Crippen molar-refractivity contribution in [3.8, 4) is 0 Å². The maximum Gasteiger partial charge on any atom is 0.224 e. The van der Waals surface area contributed by atoms with Crippen molar-refractivity contribution in [1.29, 1.82) is 0 Å². The minimum absolute atomic E-state index is 0.0397. The standard InChI is InChI=1S/C19H28N2O2/c1-13(14-6-3-2-4-7-14)23-11-5-10-21-19(22)17-15-8-9-16(12-15)18(17)20/h2-4,6-7,13,15-18H,5,8-12,20H2,1H3,(H,21,22). The molecule has 5 unspecified atom stereocenters. The molecule has 0 saturated heterocycles. The van der Waals surface area contributed by atoms with Gasteiger partial charge in [-0.3, -0.25) is 4.79 Å². The fraction of sp³-hybridized carbons (Fsp3) is 0.632. The Morgan fingerprint density at radius 3 is 2.74 bits per heavy atom. The number of hydrogen-bond donors (Lipinski definition) is 2. The van der Waals surface area contributed by atoms with Crippen LogP contribution in [0.15, 0.2) is 30.3 Å². The van der Waals surface area contributed by atoms with E-state index in [2.05, 4.69) is 24.4 Å². The van der Waals surface area contributed by atoms with E-state index in [0.717, 1.165) is 12.8 Å². The van der Waals surface area contributed by atoms with Crippen molar-refractivity contribution in [2.45, 2.75) is 44.8 Å². The average Bonchev–Trinajstić information content (AvgIpc) is 3.16. The van der Waals surface area contributed by atoms with Crippen LogP contribution in [-0.2, 0) is 9.53 Å². The zero-order chi connectivity index (χ0) is 16.2. The first kappa shape index (κ1) is 16.5. The highest BCUT2D eigenvalue weighted by Crippen LogP contribution is 2.47. The van der Waals surface area contributed by atoms with Crippen LogP contribution in [0, 0.1) is 17.8 Å². The topological polar surface area (TPSA) is 64.3 Å². The van der Waals surface area contributed by atoms with Gasteiger partial charge >= 0.3 is 0 Å². The largest absolute Gasteiger partial charge is 0.374 e. The molecule has 4 heteroatoms. The van der Waals surface area contributed by atoms with Gasteiger partial charge in [-0.1, -0.05) is 30.3 Å². The molecule has 2 bridgehead atoms. The third kappa shape index (κ3) is 3.75. The normalized spacial score (nSPS) is 30.3. The number of fused-ring (bicyclic) bond motifs is 2.